The number of aryl methyl sites for hydroxylation is 1. The van der Waals surface area contributed by atoms with E-state index >= 15 is 0 Å². The molecule has 1 atom stereocenters. The molecular weight excluding hydrogens is 224 g/mol. The van der Waals surface area contributed by atoms with Crippen molar-refractivity contribution in [3.63, 3.8) is 0 Å². The quantitative estimate of drug-likeness (QED) is 0.886. The molecule has 0 radical (unpaired) electrons. The molecule has 1 aliphatic rings. The molecule has 0 spiro atoms. The highest BCUT2D eigenvalue weighted by molar-refractivity contribution is 5.52. The van der Waals surface area contributed by atoms with Gasteiger partial charge in [0.2, 0.25) is 0 Å². The van der Waals surface area contributed by atoms with Gasteiger partial charge in [-0.2, -0.15) is 0 Å². The number of hydrogen-bond acceptors (Lipinski definition) is 3. The number of methoxy groups -OCH3 is 1. The number of nitrogens with zero attached hydrogens (tertiary/aromatic N) is 1. The first-order chi connectivity index (χ1) is 8.70. The Hall–Kier alpha value is -1.22. The van der Waals surface area contributed by atoms with Crippen LogP contribution in [0.3, 0.4) is 0 Å². The molecule has 1 unspecified atom stereocenters. The zero-order valence-corrected chi connectivity index (χ0v) is 11.7. The minimum Gasteiger partial charge on any atom is -0.496 e. The molecule has 1 heterocycles. The number of hydrogen-bond donors (Lipinski definition) is 1. The van der Waals surface area contributed by atoms with E-state index in [0.717, 1.165) is 12.3 Å². The lowest BCUT2D eigenvalue weighted by atomic mass is 10.0. The van der Waals surface area contributed by atoms with Crippen LogP contribution in [0.4, 0.5) is 5.69 Å². The summed E-state index contributed by atoms with van der Waals surface area (Å²) in [5, 5.41) is 3.59. The summed E-state index contributed by atoms with van der Waals surface area (Å²) in [7, 11) is 3.88. The van der Waals surface area contributed by atoms with E-state index in [2.05, 4.69) is 42.4 Å². The second-order valence-electron chi connectivity index (χ2n) is 5.18. The fraction of sp³-hybridized carbons (Fsp3) is 0.600. The van der Waals surface area contributed by atoms with Gasteiger partial charge in [0.05, 0.1) is 7.11 Å². The third-order valence-corrected chi connectivity index (χ3v) is 3.73. The van der Waals surface area contributed by atoms with E-state index in [1.165, 1.54) is 37.1 Å². The summed E-state index contributed by atoms with van der Waals surface area (Å²) in [5.74, 6) is 0.961. The number of piperidine rings is 1. The molecule has 0 aromatic heterocycles. The van der Waals surface area contributed by atoms with Gasteiger partial charge in [0, 0.05) is 25.3 Å². The SMILES string of the molecule is COc1ccc(N(C)CC2CCCCN2)cc1C. The van der Waals surface area contributed by atoms with Gasteiger partial charge in [-0.25, -0.2) is 0 Å². The second kappa shape index (κ2) is 6.10. The van der Waals surface area contributed by atoms with E-state index in [4.69, 9.17) is 4.74 Å². The largest absolute Gasteiger partial charge is 0.496 e. The maximum atomic E-state index is 5.30. The Morgan fingerprint density at radius 1 is 1.39 bits per heavy atom. The van der Waals surface area contributed by atoms with Crippen molar-refractivity contribution in [1.82, 2.24) is 5.32 Å². The first kappa shape index (κ1) is 13.2. The zero-order chi connectivity index (χ0) is 13.0. The molecule has 1 saturated heterocycles. The minimum absolute atomic E-state index is 0.631. The average molecular weight is 248 g/mol. The van der Waals surface area contributed by atoms with Crippen molar-refractivity contribution in [1.29, 1.82) is 0 Å². The summed E-state index contributed by atoms with van der Waals surface area (Å²) >= 11 is 0. The van der Waals surface area contributed by atoms with E-state index < -0.39 is 0 Å². The summed E-state index contributed by atoms with van der Waals surface area (Å²) in [5.41, 5.74) is 2.46. The Kier molecular flexibility index (Phi) is 4.48. The molecular formula is C15H24N2O. The highest BCUT2D eigenvalue weighted by Crippen LogP contribution is 2.24. The van der Waals surface area contributed by atoms with Crippen molar-refractivity contribution in [3.8, 4) is 5.75 Å². The Balaban J connectivity index is 1.99. The lowest BCUT2D eigenvalue weighted by Gasteiger charge is -2.29. The number of anilines is 1. The standard InChI is InChI=1S/C15H24N2O/c1-12-10-14(7-8-15(12)18-3)17(2)11-13-6-4-5-9-16-13/h7-8,10,13,16H,4-6,9,11H2,1-3H3. The van der Waals surface area contributed by atoms with E-state index in [0.29, 0.717) is 6.04 Å². The summed E-state index contributed by atoms with van der Waals surface area (Å²) < 4.78 is 5.30. The van der Waals surface area contributed by atoms with Crippen LogP contribution in [-0.2, 0) is 0 Å². The molecule has 1 aliphatic heterocycles. The predicted octanol–water partition coefficient (Wildman–Crippen LogP) is 2.58. The van der Waals surface area contributed by atoms with Crippen molar-refractivity contribution in [2.24, 2.45) is 0 Å². The molecule has 0 amide bonds. The molecule has 1 aromatic rings. The summed E-state index contributed by atoms with van der Waals surface area (Å²) in [6.07, 6.45) is 3.97. The van der Waals surface area contributed by atoms with Gasteiger partial charge in [-0.3, -0.25) is 0 Å². The molecule has 2 rings (SSSR count). The molecule has 1 N–H and O–H groups in total. The van der Waals surface area contributed by atoms with Crippen LogP contribution in [0.15, 0.2) is 18.2 Å². The first-order valence-corrected chi connectivity index (χ1v) is 6.80. The van der Waals surface area contributed by atoms with Gasteiger partial charge in [0.25, 0.3) is 0 Å². The molecule has 0 saturated carbocycles. The number of ether oxygens (including phenoxy) is 1. The summed E-state index contributed by atoms with van der Waals surface area (Å²) in [4.78, 5) is 2.33. The van der Waals surface area contributed by atoms with Crippen molar-refractivity contribution in [2.45, 2.75) is 32.2 Å². The number of likely N-dealkylation sites (N-methyl/N-ethyl adjacent to an activating group) is 1. The fourth-order valence-corrected chi connectivity index (χ4v) is 2.62. The monoisotopic (exact) mass is 248 g/mol. The highest BCUT2D eigenvalue weighted by atomic mass is 16.5. The predicted molar refractivity (Wildman–Crippen MR) is 76.6 cm³/mol. The Labute approximate surface area is 110 Å². The van der Waals surface area contributed by atoms with Gasteiger partial charge in [-0.15, -0.1) is 0 Å². The van der Waals surface area contributed by atoms with E-state index in [9.17, 15) is 0 Å². The van der Waals surface area contributed by atoms with Crippen LogP contribution in [-0.4, -0.2) is 33.3 Å². The van der Waals surface area contributed by atoms with Gasteiger partial charge in [0.1, 0.15) is 5.75 Å². The van der Waals surface area contributed by atoms with Crippen LogP contribution >= 0.6 is 0 Å². The van der Waals surface area contributed by atoms with Crippen molar-refractivity contribution in [3.05, 3.63) is 23.8 Å². The summed E-state index contributed by atoms with van der Waals surface area (Å²) in [6.45, 7) is 4.33. The van der Waals surface area contributed by atoms with Crippen LogP contribution in [0, 0.1) is 6.92 Å². The smallest absolute Gasteiger partial charge is 0.121 e. The maximum Gasteiger partial charge on any atom is 0.121 e. The van der Waals surface area contributed by atoms with Crippen molar-refractivity contribution >= 4 is 5.69 Å². The maximum absolute atomic E-state index is 5.30. The van der Waals surface area contributed by atoms with E-state index in [1.807, 2.05) is 0 Å². The van der Waals surface area contributed by atoms with Gasteiger partial charge in [-0.1, -0.05) is 6.42 Å². The molecule has 3 nitrogen and oxygen atoms in total. The first-order valence-electron chi connectivity index (χ1n) is 6.80. The van der Waals surface area contributed by atoms with Gasteiger partial charge in [0.15, 0.2) is 0 Å². The van der Waals surface area contributed by atoms with Gasteiger partial charge < -0.3 is 15.0 Å². The van der Waals surface area contributed by atoms with Crippen LogP contribution < -0.4 is 15.0 Å². The van der Waals surface area contributed by atoms with Gasteiger partial charge in [-0.05, 0) is 50.1 Å². The third-order valence-electron chi connectivity index (χ3n) is 3.73. The van der Waals surface area contributed by atoms with Crippen molar-refractivity contribution < 1.29 is 4.74 Å². The molecule has 1 aromatic carbocycles. The van der Waals surface area contributed by atoms with E-state index in [-0.39, 0.29) is 0 Å². The van der Waals surface area contributed by atoms with Crippen molar-refractivity contribution in [2.75, 3.05) is 32.1 Å². The zero-order valence-electron chi connectivity index (χ0n) is 11.7. The average Bonchev–Trinajstić information content (AvgIpc) is 2.39. The minimum atomic E-state index is 0.631. The van der Waals surface area contributed by atoms with E-state index in [1.54, 1.807) is 7.11 Å². The fourth-order valence-electron chi connectivity index (χ4n) is 2.62. The number of nitrogens with one attached hydrogen (secondary N) is 1. The van der Waals surface area contributed by atoms with Crippen LogP contribution in [0.1, 0.15) is 24.8 Å². The molecule has 0 aliphatic carbocycles. The molecule has 1 fully saturated rings. The number of rotatable bonds is 4. The third kappa shape index (κ3) is 3.16. The molecule has 18 heavy (non-hydrogen) atoms. The van der Waals surface area contributed by atoms with Crippen LogP contribution in [0.5, 0.6) is 5.75 Å². The Morgan fingerprint density at radius 2 is 2.22 bits per heavy atom. The lowest BCUT2D eigenvalue weighted by Crippen LogP contribution is -2.42. The lowest BCUT2D eigenvalue weighted by molar-refractivity contribution is 0.403. The topological polar surface area (TPSA) is 24.5 Å². The Morgan fingerprint density at radius 3 is 2.83 bits per heavy atom. The molecule has 0 bridgehead atoms. The van der Waals surface area contributed by atoms with Gasteiger partial charge >= 0.3 is 0 Å². The normalized spacial score (nSPS) is 19.6. The highest BCUT2D eigenvalue weighted by Gasteiger charge is 2.15. The van der Waals surface area contributed by atoms with Crippen LogP contribution in [0.25, 0.3) is 0 Å². The number of benzene rings is 1. The van der Waals surface area contributed by atoms with Crippen LogP contribution in [0.2, 0.25) is 0 Å². The Bertz CT molecular complexity index is 386. The molecule has 100 valence electrons. The molecule has 3 heteroatoms. The summed E-state index contributed by atoms with van der Waals surface area (Å²) in [6, 6.07) is 7.01. The second-order valence-corrected chi connectivity index (χ2v) is 5.18.